The maximum Gasteiger partial charge on any atom is 0.404 e. The van der Waals surface area contributed by atoms with Crippen molar-refractivity contribution < 1.29 is 22.6 Å². The fourth-order valence-electron chi connectivity index (χ4n) is 2.01. The van der Waals surface area contributed by atoms with Gasteiger partial charge in [0.05, 0.1) is 0 Å². The van der Waals surface area contributed by atoms with E-state index < -0.39 is 17.6 Å². The van der Waals surface area contributed by atoms with Gasteiger partial charge in [0.2, 0.25) is 6.79 Å². The number of halogens is 3. The third kappa shape index (κ3) is 2.01. The first kappa shape index (κ1) is 13.0. The second kappa shape index (κ2) is 4.05. The molecule has 3 nitrogen and oxygen atoms in total. The second-order valence-corrected chi connectivity index (χ2v) is 4.78. The van der Waals surface area contributed by atoms with Gasteiger partial charge >= 0.3 is 6.18 Å². The number of para-hydroxylation sites is 1. The predicted octanol–water partition coefficient (Wildman–Crippen LogP) is 2.58. The van der Waals surface area contributed by atoms with Crippen LogP contribution < -0.4 is 15.2 Å². The Hall–Kier alpha value is -1.43. The van der Waals surface area contributed by atoms with Crippen LogP contribution >= 0.6 is 0 Å². The lowest BCUT2D eigenvalue weighted by Crippen LogP contribution is -2.51. The largest absolute Gasteiger partial charge is 0.454 e. The molecule has 0 saturated carbocycles. The lowest BCUT2D eigenvalue weighted by Gasteiger charge is -2.33. The maximum atomic E-state index is 12.8. The van der Waals surface area contributed by atoms with Gasteiger partial charge in [-0.15, -0.1) is 0 Å². The molecule has 0 bridgehead atoms. The predicted molar refractivity (Wildman–Crippen MR) is 59.6 cm³/mol. The standard InChI is InChI=1S/C12H14F3NO2/c1-11(2,10(16)12(13,14)15)7-4-3-5-8-9(7)18-6-17-8/h3-5,10H,6,16H2,1-2H3. The van der Waals surface area contributed by atoms with Crippen LogP contribution in [0.4, 0.5) is 13.2 Å². The first-order chi connectivity index (χ1) is 8.24. The zero-order chi connectivity index (χ0) is 13.6. The smallest absolute Gasteiger partial charge is 0.404 e. The number of nitrogens with two attached hydrogens (primary N) is 1. The first-order valence-corrected chi connectivity index (χ1v) is 5.46. The van der Waals surface area contributed by atoms with Crippen LogP contribution in [0.5, 0.6) is 11.5 Å². The summed E-state index contributed by atoms with van der Waals surface area (Å²) in [6.07, 6.45) is -4.47. The van der Waals surface area contributed by atoms with Crippen molar-refractivity contribution in [2.45, 2.75) is 31.5 Å². The zero-order valence-electron chi connectivity index (χ0n) is 10.0. The summed E-state index contributed by atoms with van der Waals surface area (Å²) >= 11 is 0. The molecule has 1 heterocycles. The summed E-state index contributed by atoms with van der Waals surface area (Å²) < 4.78 is 48.7. The van der Waals surface area contributed by atoms with Crippen molar-refractivity contribution in [3.05, 3.63) is 23.8 Å². The van der Waals surface area contributed by atoms with Crippen LogP contribution in [-0.2, 0) is 5.41 Å². The summed E-state index contributed by atoms with van der Waals surface area (Å²) in [5.74, 6) is 0.803. The van der Waals surface area contributed by atoms with E-state index in [0.717, 1.165) is 0 Å². The summed E-state index contributed by atoms with van der Waals surface area (Å²) in [6, 6.07) is 2.90. The normalized spacial score (nSPS) is 16.8. The fraction of sp³-hybridized carbons (Fsp3) is 0.500. The Morgan fingerprint density at radius 3 is 2.50 bits per heavy atom. The van der Waals surface area contributed by atoms with Crippen LogP contribution in [0.25, 0.3) is 0 Å². The van der Waals surface area contributed by atoms with E-state index in [1.165, 1.54) is 13.8 Å². The summed E-state index contributed by atoms with van der Waals surface area (Å²) in [4.78, 5) is 0. The van der Waals surface area contributed by atoms with Crippen LogP contribution in [0.3, 0.4) is 0 Å². The lowest BCUT2D eigenvalue weighted by molar-refractivity contribution is -0.160. The Morgan fingerprint density at radius 1 is 1.22 bits per heavy atom. The maximum absolute atomic E-state index is 12.8. The molecule has 0 aliphatic carbocycles. The van der Waals surface area contributed by atoms with E-state index in [1.54, 1.807) is 18.2 Å². The molecule has 1 aliphatic rings. The minimum absolute atomic E-state index is 0.0175. The highest BCUT2D eigenvalue weighted by atomic mass is 19.4. The number of fused-ring (bicyclic) bond motifs is 1. The van der Waals surface area contributed by atoms with E-state index in [1.807, 2.05) is 0 Å². The van der Waals surface area contributed by atoms with E-state index in [2.05, 4.69) is 0 Å². The van der Waals surface area contributed by atoms with Gasteiger partial charge in [0.15, 0.2) is 11.5 Å². The van der Waals surface area contributed by atoms with Crippen molar-refractivity contribution in [2.24, 2.45) is 5.73 Å². The molecule has 18 heavy (non-hydrogen) atoms. The van der Waals surface area contributed by atoms with E-state index >= 15 is 0 Å². The summed E-state index contributed by atoms with van der Waals surface area (Å²) in [7, 11) is 0. The van der Waals surface area contributed by atoms with Crippen molar-refractivity contribution in [2.75, 3.05) is 6.79 Å². The van der Waals surface area contributed by atoms with Crippen molar-refractivity contribution in [1.82, 2.24) is 0 Å². The Morgan fingerprint density at radius 2 is 1.89 bits per heavy atom. The average molecular weight is 261 g/mol. The molecule has 1 atom stereocenters. The third-order valence-corrected chi connectivity index (χ3v) is 3.22. The topological polar surface area (TPSA) is 44.5 Å². The molecule has 2 rings (SSSR count). The molecule has 0 fully saturated rings. The molecule has 6 heteroatoms. The monoisotopic (exact) mass is 261 g/mol. The molecule has 100 valence electrons. The Balaban J connectivity index is 2.45. The molecular weight excluding hydrogens is 247 g/mol. The van der Waals surface area contributed by atoms with Gasteiger partial charge in [-0.2, -0.15) is 13.2 Å². The van der Waals surface area contributed by atoms with E-state index in [9.17, 15) is 13.2 Å². The molecule has 1 unspecified atom stereocenters. The van der Waals surface area contributed by atoms with E-state index in [4.69, 9.17) is 15.2 Å². The fourth-order valence-corrected chi connectivity index (χ4v) is 2.01. The molecule has 0 saturated heterocycles. The van der Waals surface area contributed by atoms with Gasteiger partial charge in [0, 0.05) is 11.0 Å². The third-order valence-electron chi connectivity index (χ3n) is 3.22. The van der Waals surface area contributed by atoms with Gasteiger partial charge in [-0.05, 0) is 6.07 Å². The van der Waals surface area contributed by atoms with Gasteiger partial charge in [0.25, 0.3) is 0 Å². The van der Waals surface area contributed by atoms with Crippen LogP contribution in [0.15, 0.2) is 18.2 Å². The Labute approximate surface area is 103 Å². The highest BCUT2D eigenvalue weighted by Gasteiger charge is 2.48. The molecule has 0 amide bonds. The summed E-state index contributed by atoms with van der Waals surface area (Å²) in [5.41, 5.74) is 4.44. The number of ether oxygens (including phenoxy) is 2. The van der Waals surface area contributed by atoms with Crippen LogP contribution in [0, 0.1) is 0 Å². The minimum atomic E-state index is -4.47. The van der Waals surface area contributed by atoms with Crippen molar-refractivity contribution >= 4 is 0 Å². The van der Waals surface area contributed by atoms with Crippen molar-refractivity contribution in [3.63, 3.8) is 0 Å². The van der Waals surface area contributed by atoms with Crippen molar-refractivity contribution in [1.29, 1.82) is 0 Å². The molecule has 0 aromatic heterocycles. The molecular formula is C12H14F3NO2. The van der Waals surface area contributed by atoms with Gasteiger partial charge in [-0.1, -0.05) is 26.0 Å². The minimum Gasteiger partial charge on any atom is -0.454 e. The first-order valence-electron chi connectivity index (χ1n) is 5.46. The quantitative estimate of drug-likeness (QED) is 0.890. The number of alkyl halides is 3. The second-order valence-electron chi connectivity index (χ2n) is 4.78. The van der Waals surface area contributed by atoms with Crippen LogP contribution in [0.1, 0.15) is 19.4 Å². The number of rotatable bonds is 2. The van der Waals surface area contributed by atoms with Gasteiger partial charge in [-0.25, -0.2) is 0 Å². The van der Waals surface area contributed by atoms with Crippen LogP contribution in [-0.4, -0.2) is 19.0 Å². The Bertz CT molecular complexity index is 457. The average Bonchev–Trinajstić information content (AvgIpc) is 2.73. The van der Waals surface area contributed by atoms with Crippen LogP contribution in [0.2, 0.25) is 0 Å². The van der Waals surface area contributed by atoms with Gasteiger partial charge < -0.3 is 15.2 Å². The highest BCUT2D eigenvalue weighted by Crippen LogP contribution is 2.44. The van der Waals surface area contributed by atoms with E-state index in [-0.39, 0.29) is 6.79 Å². The molecule has 0 spiro atoms. The van der Waals surface area contributed by atoms with Crippen molar-refractivity contribution in [3.8, 4) is 11.5 Å². The molecule has 1 aromatic rings. The number of hydrogen-bond donors (Lipinski definition) is 1. The van der Waals surface area contributed by atoms with Gasteiger partial charge in [-0.3, -0.25) is 0 Å². The molecule has 1 aliphatic heterocycles. The molecule has 1 aromatic carbocycles. The highest BCUT2D eigenvalue weighted by molar-refractivity contribution is 5.51. The number of benzene rings is 1. The summed E-state index contributed by atoms with van der Waals surface area (Å²) in [5, 5.41) is 0. The lowest BCUT2D eigenvalue weighted by atomic mass is 9.77. The van der Waals surface area contributed by atoms with E-state index in [0.29, 0.717) is 17.1 Å². The Kier molecular flexibility index (Phi) is 2.93. The zero-order valence-corrected chi connectivity index (χ0v) is 10.0. The molecule has 2 N–H and O–H groups in total. The summed E-state index contributed by atoms with van der Waals surface area (Å²) in [6.45, 7) is 2.91. The molecule has 0 radical (unpaired) electrons. The van der Waals surface area contributed by atoms with Gasteiger partial charge in [0.1, 0.15) is 6.04 Å². The number of hydrogen-bond acceptors (Lipinski definition) is 3. The SMILES string of the molecule is CC(C)(c1cccc2c1OCO2)C(N)C(F)(F)F.